The Hall–Kier alpha value is -0.610. The Morgan fingerprint density at radius 1 is 1.10 bits per heavy atom. The maximum atomic E-state index is 12.0. The Morgan fingerprint density at radius 2 is 1.70 bits per heavy atom. The van der Waals surface area contributed by atoms with Crippen LogP contribution in [-0.4, -0.2) is 55.0 Å². The quantitative estimate of drug-likeness (QED) is 0.634. The molecular weight excluding hydrogens is 250 g/mol. The number of carbonyl (C=O) groups is 1. The molecule has 0 aromatic carbocycles. The van der Waals surface area contributed by atoms with Crippen molar-refractivity contribution in [3.05, 3.63) is 0 Å². The molecule has 0 aliphatic carbocycles. The van der Waals surface area contributed by atoms with Crippen LogP contribution in [0.3, 0.4) is 0 Å². The van der Waals surface area contributed by atoms with Crippen LogP contribution in [0.2, 0.25) is 0 Å². The second kappa shape index (κ2) is 10.2. The highest BCUT2D eigenvalue weighted by Crippen LogP contribution is 2.15. The second-order valence-corrected chi connectivity index (χ2v) is 6.31. The molecule has 0 saturated heterocycles. The molecule has 4 heteroatoms. The Labute approximate surface area is 125 Å². The molecule has 2 N–H and O–H groups in total. The highest BCUT2D eigenvalue weighted by molar-refractivity contribution is 5.76. The molecule has 0 radical (unpaired) electrons. The summed E-state index contributed by atoms with van der Waals surface area (Å²) in [6.07, 6.45) is 2.74. The molecule has 0 saturated carbocycles. The van der Waals surface area contributed by atoms with Gasteiger partial charge >= 0.3 is 0 Å². The van der Waals surface area contributed by atoms with Crippen LogP contribution in [0.25, 0.3) is 0 Å². The van der Waals surface area contributed by atoms with Crippen molar-refractivity contribution in [3.8, 4) is 0 Å². The van der Waals surface area contributed by atoms with Crippen molar-refractivity contribution in [2.45, 2.75) is 53.9 Å². The molecule has 0 aliphatic heterocycles. The van der Waals surface area contributed by atoms with Gasteiger partial charge in [-0.05, 0) is 51.7 Å². The third kappa shape index (κ3) is 7.85. The third-order valence-electron chi connectivity index (χ3n) is 3.73. The number of nitrogens with zero attached hydrogens (tertiary/aromatic N) is 2. The molecule has 0 bridgehead atoms. The summed E-state index contributed by atoms with van der Waals surface area (Å²) in [5.74, 6) is 0.282. The number of rotatable bonds is 11. The zero-order valence-electron chi connectivity index (χ0n) is 14.2. The van der Waals surface area contributed by atoms with E-state index >= 15 is 0 Å². The monoisotopic (exact) mass is 285 g/mol. The van der Waals surface area contributed by atoms with Crippen LogP contribution in [0.4, 0.5) is 0 Å². The first-order chi connectivity index (χ1) is 9.40. The Kier molecular flexibility index (Phi) is 9.86. The van der Waals surface area contributed by atoms with Crippen LogP contribution in [0.15, 0.2) is 0 Å². The van der Waals surface area contributed by atoms with Gasteiger partial charge in [-0.15, -0.1) is 0 Å². The van der Waals surface area contributed by atoms with E-state index in [0.29, 0.717) is 13.0 Å². The van der Waals surface area contributed by atoms with Gasteiger partial charge in [0.2, 0.25) is 5.91 Å². The van der Waals surface area contributed by atoms with E-state index in [4.69, 9.17) is 5.73 Å². The Bertz CT molecular complexity index is 262. The van der Waals surface area contributed by atoms with E-state index in [1.54, 1.807) is 0 Å². The normalized spacial score (nSPS) is 11.9. The van der Waals surface area contributed by atoms with Gasteiger partial charge < -0.3 is 15.5 Å². The highest BCUT2D eigenvalue weighted by atomic mass is 16.2. The first kappa shape index (κ1) is 19.4. The summed E-state index contributed by atoms with van der Waals surface area (Å²) in [5.41, 5.74) is 5.97. The summed E-state index contributed by atoms with van der Waals surface area (Å²) in [7, 11) is 0. The third-order valence-corrected chi connectivity index (χ3v) is 3.73. The van der Waals surface area contributed by atoms with Gasteiger partial charge in [0.25, 0.3) is 0 Å². The minimum atomic E-state index is 0.151. The number of carbonyl (C=O) groups excluding carboxylic acids is 1. The number of nitrogens with two attached hydrogens (primary N) is 1. The molecule has 4 nitrogen and oxygen atoms in total. The smallest absolute Gasteiger partial charge is 0.222 e. The van der Waals surface area contributed by atoms with Crippen LogP contribution in [-0.2, 0) is 4.79 Å². The van der Waals surface area contributed by atoms with Gasteiger partial charge in [0.1, 0.15) is 0 Å². The summed E-state index contributed by atoms with van der Waals surface area (Å²) >= 11 is 0. The van der Waals surface area contributed by atoms with Gasteiger partial charge in [0, 0.05) is 26.1 Å². The molecule has 0 atom stereocenters. The topological polar surface area (TPSA) is 49.6 Å². The van der Waals surface area contributed by atoms with E-state index in [2.05, 4.69) is 25.7 Å². The van der Waals surface area contributed by atoms with Gasteiger partial charge in [-0.3, -0.25) is 4.79 Å². The average Bonchev–Trinajstić information content (AvgIpc) is 2.40. The first-order valence-electron chi connectivity index (χ1n) is 8.10. The van der Waals surface area contributed by atoms with Crippen LogP contribution in [0.5, 0.6) is 0 Å². The van der Waals surface area contributed by atoms with E-state index in [9.17, 15) is 4.79 Å². The maximum Gasteiger partial charge on any atom is 0.222 e. The molecule has 1 amide bonds. The Morgan fingerprint density at radius 3 is 2.15 bits per heavy atom. The number of amides is 1. The molecule has 0 fully saturated rings. The fourth-order valence-corrected chi connectivity index (χ4v) is 2.44. The molecule has 0 rings (SSSR count). The number of hydrogen-bond acceptors (Lipinski definition) is 3. The predicted octanol–water partition coefficient (Wildman–Crippen LogP) is 2.33. The number of hydrogen-bond donors (Lipinski definition) is 1. The molecule has 0 aromatic heterocycles. The van der Waals surface area contributed by atoms with Crippen molar-refractivity contribution in [2.24, 2.45) is 11.1 Å². The lowest BCUT2D eigenvalue weighted by Gasteiger charge is -2.31. The minimum Gasteiger partial charge on any atom is -0.343 e. The largest absolute Gasteiger partial charge is 0.343 e. The standard InChI is InChI=1S/C16H35N3O/c1-6-11-18(14-16(4,5)13-17)12-9-10-15(20)19(7-2)8-3/h6-14,17H2,1-5H3. The van der Waals surface area contributed by atoms with Crippen molar-refractivity contribution in [3.63, 3.8) is 0 Å². The average molecular weight is 285 g/mol. The lowest BCUT2D eigenvalue weighted by Crippen LogP contribution is -2.40. The van der Waals surface area contributed by atoms with Gasteiger partial charge in [0.05, 0.1) is 0 Å². The lowest BCUT2D eigenvalue weighted by molar-refractivity contribution is -0.131. The van der Waals surface area contributed by atoms with E-state index in [0.717, 1.165) is 45.6 Å². The van der Waals surface area contributed by atoms with Crippen LogP contribution in [0.1, 0.15) is 53.9 Å². The molecule has 0 aromatic rings. The lowest BCUT2D eigenvalue weighted by atomic mass is 9.93. The molecule has 0 aliphatic rings. The van der Waals surface area contributed by atoms with E-state index in [1.165, 1.54) is 0 Å². The zero-order valence-corrected chi connectivity index (χ0v) is 14.2. The van der Waals surface area contributed by atoms with Crippen LogP contribution >= 0.6 is 0 Å². The van der Waals surface area contributed by atoms with E-state index in [1.807, 2.05) is 18.7 Å². The van der Waals surface area contributed by atoms with Crippen molar-refractivity contribution in [1.82, 2.24) is 9.80 Å². The molecule has 20 heavy (non-hydrogen) atoms. The molecule has 0 spiro atoms. The summed E-state index contributed by atoms with van der Waals surface area (Å²) in [5, 5.41) is 0. The van der Waals surface area contributed by atoms with Crippen molar-refractivity contribution >= 4 is 5.91 Å². The maximum absolute atomic E-state index is 12.0. The molecule has 0 heterocycles. The summed E-state index contributed by atoms with van der Waals surface area (Å²) in [6.45, 7) is 16.1. The molecule has 0 unspecified atom stereocenters. The van der Waals surface area contributed by atoms with Crippen LogP contribution in [0, 0.1) is 5.41 Å². The van der Waals surface area contributed by atoms with E-state index in [-0.39, 0.29) is 11.3 Å². The van der Waals surface area contributed by atoms with Gasteiger partial charge in [-0.1, -0.05) is 20.8 Å². The van der Waals surface area contributed by atoms with E-state index < -0.39 is 0 Å². The van der Waals surface area contributed by atoms with Gasteiger partial charge in [-0.2, -0.15) is 0 Å². The van der Waals surface area contributed by atoms with Gasteiger partial charge in [-0.25, -0.2) is 0 Å². The SMILES string of the molecule is CCCN(CCCC(=O)N(CC)CC)CC(C)(C)CN. The Balaban J connectivity index is 4.18. The predicted molar refractivity (Wildman–Crippen MR) is 86.7 cm³/mol. The van der Waals surface area contributed by atoms with Gasteiger partial charge in [0.15, 0.2) is 0 Å². The second-order valence-electron chi connectivity index (χ2n) is 6.31. The summed E-state index contributed by atoms with van der Waals surface area (Å²) in [6, 6.07) is 0. The fraction of sp³-hybridized carbons (Fsp3) is 0.938. The highest BCUT2D eigenvalue weighted by Gasteiger charge is 2.20. The summed E-state index contributed by atoms with van der Waals surface area (Å²) < 4.78 is 0. The van der Waals surface area contributed by atoms with Crippen molar-refractivity contribution < 1.29 is 4.79 Å². The first-order valence-corrected chi connectivity index (χ1v) is 8.10. The zero-order chi connectivity index (χ0) is 15.6. The summed E-state index contributed by atoms with van der Waals surface area (Å²) in [4.78, 5) is 16.3. The van der Waals surface area contributed by atoms with Crippen LogP contribution < -0.4 is 5.73 Å². The molecule has 120 valence electrons. The minimum absolute atomic E-state index is 0.151. The molecular formula is C16H35N3O. The fourth-order valence-electron chi connectivity index (χ4n) is 2.44. The van der Waals surface area contributed by atoms with Crippen molar-refractivity contribution in [1.29, 1.82) is 0 Å². The van der Waals surface area contributed by atoms with Crippen molar-refractivity contribution in [2.75, 3.05) is 39.3 Å².